The Hall–Kier alpha value is -2.32. The van der Waals surface area contributed by atoms with Gasteiger partial charge in [-0.1, -0.05) is 336 Å². The van der Waals surface area contributed by atoms with Crippen LogP contribution < -0.4 is 5.32 Å². The minimum Gasteiger partial charge on any atom is -0.387 e. The topological polar surface area (TPSA) is 105 Å². The number of amides is 1. The van der Waals surface area contributed by atoms with Gasteiger partial charge in [0.2, 0.25) is 5.91 Å². The van der Waals surface area contributed by atoms with Crippen molar-refractivity contribution in [2.45, 2.75) is 347 Å². The van der Waals surface area contributed by atoms with Crippen molar-refractivity contribution in [2.75, 3.05) is 40.9 Å². The highest BCUT2D eigenvalue weighted by molar-refractivity contribution is 7.47. The Balaban J connectivity index is 4.09. The Morgan fingerprint density at radius 1 is 0.417 bits per heavy atom. The molecule has 0 fully saturated rings. The number of nitrogens with one attached hydrogen (secondary N) is 1. The smallest absolute Gasteiger partial charge is 0.387 e. The predicted octanol–water partition coefficient (Wildman–Crippen LogP) is 23.1. The number of carbonyl (C=O) groups excluding carboxylic acids is 1. The van der Waals surface area contributed by atoms with E-state index in [4.69, 9.17) is 9.05 Å². The Labute approximate surface area is 522 Å². The van der Waals surface area contributed by atoms with Crippen molar-refractivity contribution in [3.63, 3.8) is 0 Å². The Bertz CT molecular complexity index is 1650. The van der Waals surface area contributed by atoms with Gasteiger partial charge in [-0.3, -0.25) is 13.8 Å². The van der Waals surface area contributed by atoms with E-state index in [1.807, 2.05) is 27.2 Å². The van der Waals surface area contributed by atoms with E-state index in [2.05, 4.69) is 92.1 Å². The maximum absolute atomic E-state index is 13.1. The molecule has 0 bridgehead atoms. The summed E-state index contributed by atoms with van der Waals surface area (Å²) in [6, 6.07) is -0.869. The summed E-state index contributed by atoms with van der Waals surface area (Å²) in [5, 5.41) is 14.0. The number of unbranched alkanes of at least 4 members (excludes halogenated alkanes) is 41. The lowest BCUT2D eigenvalue weighted by Gasteiger charge is -2.25. The molecule has 3 N–H and O–H groups in total. The molecule has 0 heterocycles. The van der Waals surface area contributed by atoms with Gasteiger partial charge in [-0.25, -0.2) is 4.57 Å². The summed E-state index contributed by atoms with van der Waals surface area (Å²) in [6.45, 7) is 4.72. The fourth-order valence-corrected chi connectivity index (χ4v) is 11.3. The number of hydrogen-bond donors (Lipinski definition) is 3. The zero-order valence-corrected chi connectivity index (χ0v) is 57.0. The van der Waals surface area contributed by atoms with Crippen LogP contribution in [-0.4, -0.2) is 73.4 Å². The van der Waals surface area contributed by atoms with Crippen LogP contribution in [0, 0.1) is 0 Å². The van der Waals surface area contributed by atoms with Crippen LogP contribution in [0.15, 0.2) is 85.1 Å². The summed E-state index contributed by atoms with van der Waals surface area (Å²) >= 11 is 0. The molecule has 0 saturated heterocycles. The summed E-state index contributed by atoms with van der Waals surface area (Å²) in [5.41, 5.74) is 0. The van der Waals surface area contributed by atoms with E-state index >= 15 is 0 Å². The number of allylic oxidation sites excluding steroid dienone is 13. The van der Waals surface area contributed by atoms with Gasteiger partial charge in [0.25, 0.3) is 0 Å². The second-order valence-corrected chi connectivity index (χ2v) is 27.0. The molecule has 3 unspecified atom stereocenters. The van der Waals surface area contributed by atoms with Crippen LogP contribution in [0.1, 0.15) is 335 Å². The quantitative estimate of drug-likeness (QED) is 0.0243. The van der Waals surface area contributed by atoms with E-state index in [-0.39, 0.29) is 19.1 Å². The van der Waals surface area contributed by atoms with Gasteiger partial charge >= 0.3 is 7.82 Å². The molecule has 490 valence electrons. The van der Waals surface area contributed by atoms with Gasteiger partial charge < -0.3 is 19.8 Å². The molecule has 1 amide bonds. The van der Waals surface area contributed by atoms with Crippen molar-refractivity contribution in [2.24, 2.45) is 0 Å². The van der Waals surface area contributed by atoms with Gasteiger partial charge in [0.15, 0.2) is 0 Å². The van der Waals surface area contributed by atoms with Crippen LogP contribution in [0.4, 0.5) is 0 Å². The van der Waals surface area contributed by atoms with Gasteiger partial charge in [-0.05, 0) is 77.0 Å². The van der Waals surface area contributed by atoms with Crippen LogP contribution in [-0.2, 0) is 18.4 Å². The van der Waals surface area contributed by atoms with E-state index in [1.165, 1.54) is 244 Å². The average Bonchev–Trinajstić information content (AvgIpc) is 3.56. The number of carbonyl (C=O) groups is 1. The predicted molar refractivity (Wildman–Crippen MR) is 369 cm³/mol. The highest BCUT2D eigenvalue weighted by atomic mass is 31.2. The van der Waals surface area contributed by atoms with E-state index in [1.54, 1.807) is 6.08 Å². The molecular weight excluding hydrogens is 1060 g/mol. The van der Waals surface area contributed by atoms with Crippen molar-refractivity contribution in [1.82, 2.24) is 5.32 Å². The molecule has 9 heteroatoms. The molecule has 84 heavy (non-hydrogen) atoms. The third-order valence-electron chi connectivity index (χ3n) is 16.1. The maximum atomic E-state index is 13.1. The van der Waals surface area contributed by atoms with Crippen LogP contribution in [0.5, 0.6) is 0 Å². The van der Waals surface area contributed by atoms with Crippen LogP contribution in [0.2, 0.25) is 0 Å². The Morgan fingerprint density at radius 3 is 1.10 bits per heavy atom. The molecule has 0 rings (SSSR count). The molecule has 0 aliphatic heterocycles. The third kappa shape index (κ3) is 67.2. The molecule has 0 aromatic rings. The van der Waals surface area contributed by atoms with Gasteiger partial charge in [0, 0.05) is 6.42 Å². The number of hydrogen-bond acceptors (Lipinski definition) is 5. The largest absolute Gasteiger partial charge is 0.472 e. The minimum absolute atomic E-state index is 0.0542. The fraction of sp³-hybridized carbons (Fsp3) is 0.800. The summed E-state index contributed by atoms with van der Waals surface area (Å²) in [6.07, 6.45) is 93.2. The number of nitrogens with zero attached hydrogens (tertiary/aromatic N) is 1. The van der Waals surface area contributed by atoms with Gasteiger partial charge in [0.05, 0.1) is 39.9 Å². The summed E-state index contributed by atoms with van der Waals surface area (Å²) < 4.78 is 23.8. The maximum Gasteiger partial charge on any atom is 0.472 e. The zero-order valence-electron chi connectivity index (χ0n) is 56.1. The lowest BCUT2D eigenvalue weighted by Crippen LogP contribution is -2.45. The summed E-state index contributed by atoms with van der Waals surface area (Å²) in [5.74, 6) is -0.185. The first-order valence-electron chi connectivity index (χ1n) is 36.0. The monoisotopic (exact) mass is 1200 g/mol. The third-order valence-corrected chi connectivity index (χ3v) is 17.1. The van der Waals surface area contributed by atoms with E-state index in [0.29, 0.717) is 17.4 Å². The molecule has 0 aromatic heterocycles. The van der Waals surface area contributed by atoms with Crippen LogP contribution >= 0.6 is 7.82 Å². The van der Waals surface area contributed by atoms with Crippen molar-refractivity contribution in [1.29, 1.82) is 0 Å². The normalized spacial score (nSPS) is 14.1. The number of rotatable bonds is 66. The van der Waals surface area contributed by atoms with Crippen molar-refractivity contribution >= 4 is 13.7 Å². The first-order valence-corrected chi connectivity index (χ1v) is 37.5. The number of aliphatic hydroxyl groups is 1. The van der Waals surface area contributed by atoms with E-state index < -0.39 is 20.0 Å². The molecule has 0 saturated carbocycles. The standard InChI is InChI=1S/C75H139N2O6P/c1-6-8-10-12-14-16-18-20-22-24-26-28-30-32-34-36-38-40-42-44-46-48-50-52-54-56-58-60-62-64-66-68-74(78)73(72-83-84(80,81)82-71-70-77(3,4)5)76-75(79)69-67-65-63-61-59-57-55-53-51-49-47-45-43-41-39-37-35-33-31-29-27-25-23-21-19-17-15-13-11-9-7-2/h9,11,15,17,21,23,27,29,33,35,58,60,66,68,73-74,78H,6-8,10,12-14,16,18-20,22,24-26,28,30-32,34,36-57,59,61-65,67,69-72H2,1-5H3,(H-,76,79,80,81)/p+1/b11-9-,17-15-,23-21-,29-27-,35-33-,60-58+,68-66+. The number of aliphatic hydroxyl groups excluding tert-OH is 1. The highest BCUT2D eigenvalue weighted by Crippen LogP contribution is 2.43. The molecule has 0 aliphatic carbocycles. The lowest BCUT2D eigenvalue weighted by atomic mass is 10.0. The fourth-order valence-electron chi connectivity index (χ4n) is 10.6. The van der Waals surface area contributed by atoms with E-state index in [9.17, 15) is 19.4 Å². The average molecular weight is 1200 g/mol. The lowest BCUT2D eigenvalue weighted by molar-refractivity contribution is -0.870. The number of quaternary nitrogens is 1. The summed E-state index contributed by atoms with van der Waals surface area (Å²) in [7, 11) is 1.56. The molecule has 0 spiro atoms. The zero-order chi connectivity index (χ0) is 61.2. The van der Waals surface area contributed by atoms with Crippen molar-refractivity contribution < 1.29 is 32.9 Å². The number of likely N-dealkylation sites (N-methyl/N-ethyl adjacent to an activating group) is 1. The highest BCUT2D eigenvalue weighted by Gasteiger charge is 2.28. The molecule has 0 aromatic carbocycles. The van der Waals surface area contributed by atoms with Crippen LogP contribution in [0.3, 0.4) is 0 Å². The van der Waals surface area contributed by atoms with E-state index in [0.717, 1.165) is 70.6 Å². The first kappa shape index (κ1) is 81.7. The SMILES string of the molecule is CC/C=C\C/C=C\C/C=C\C/C=C\C/C=C\CCCCCCCCCCCCCCCCCC(=O)NC(COP(=O)(O)OCC[N+](C)(C)C)C(O)/C=C/CC/C=C/CCCCCCCCCCCCCCCCCCCCCCCCCCC. The van der Waals surface area contributed by atoms with Crippen molar-refractivity contribution in [3.05, 3.63) is 85.1 Å². The molecule has 0 radical (unpaired) electrons. The Morgan fingerprint density at radius 2 is 0.726 bits per heavy atom. The minimum atomic E-state index is -4.37. The molecular formula is C75H140N2O6P+. The molecule has 0 aliphatic rings. The second-order valence-electron chi connectivity index (χ2n) is 25.6. The summed E-state index contributed by atoms with van der Waals surface area (Å²) in [4.78, 5) is 23.4. The second kappa shape index (κ2) is 65.1. The first-order chi connectivity index (χ1) is 41.0. The van der Waals surface area contributed by atoms with Gasteiger partial charge in [0.1, 0.15) is 13.2 Å². The Kier molecular flexibility index (Phi) is 63.3. The molecule has 8 nitrogen and oxygen atoms in total. The van der Waals surface area contributed by atoms with Gasteiger partial charge in [-0.15, -0.1) is 0 Å². The van der Waals surface area contributed by atoms with Crippen molar-refractivity contribution in [3.8, 4) is 0 Å². The van der Waals surface area contributed by atoms with Gasteiger partial charge in [-0.2, -0.15) is 0 Å². The molecule has 3 atom stereocenters. The number of phosphoric acid groups is 1. The van der Waals surface area contributed by atoms with Crippen LogP contribution in [0.25, 0.3) is 0 Å². The number of phosphoric ester groups is 1.